The van der Waals surface area contributed by atoms with Crippen LogP contribution in [-0.2, 0) is 21.1 Å². The fourth-order valence-corrected chi connectivity index (χ4v) is 0. The maximum Gasteiger partial charge on any atom is 0.673 e. The van der Waals surface area contributed by atoms with Crippen molar-refractivity contribution in [2.45, 2.75) is 0 Å². The molecule has 0 aromatic rings. The summed E-state index contributed by atoms with van der Waals surface area (Å²) in [5, 5.41) is 0. The summed E-state index contributed by atoms with van der Waals surface area (Å²) in [6, 6.07) is 0. The molecule has 0 aliphatic rings. The van der Waals surface area contributed by atoms with Crippen molar-refractivity contribution < 1.29 is 38.3 Å². The van der Waals surface area contributed by atoms with Gasteiger partial charge in [-0.15, -0.1) is 0 Å². The van der Waals surface area contributed by atoms with Gasteiger partial charge in [0.2, 0.25) is 0 Å². The van der Waals surface area contributed by atoms with Gasteiger partial charge in [-0.3, -0.25) is 0 Å². The molecule has 6 heteroatoms. The van der Waals surface area contributed by atoms with Crippen molar-refractivity contribution in [3.8, 4) is 0 Å². The van der Waals surface area contributed by atoms with Gasteiger partial charge in [0.25, 0.3) is 0 Å². The Bertz CT molecular complexity index is 23.0. The van der Waals surface area contributed by atoms with E-state index in [9.17, 15) is 17.3 Å². The quantitative estimate of drug-likeness (QED) is 0.464. The molecule has 0 saturated carbocycles. The minimum absolute atomic E-state index is 0. The fraction of sp³-hybridized carbons (Fsp3) is 0. The van der Waals surface area contributed by atoms with Gasteiger partial charge in [0.15, 0.2) is 0 Å². The molecule has 42 valence electrons. The Balaban J connectivity index is 0. The van der Waals surface area contributed by atoms with Gasteiger partial charge in [0.1, 0.15) is 0 Å². The Labute approximate surface area is 46.3 Å². The Kier molecular flexibility index (Phi) is 4.22. The third-order valence-electron chi connectivity index (χ3n) is 0. The van der Waals surface area contributed by atoms with Crippen molar-refractivity contribution in [1.29, 1.82) is 0 Å². The molecule has 0 aromatic heterocycles. The molecule has 0 radical (unpaired) electrons. The molecular weight excluding hydrogens is 282 g/mol. The second-order valence-electron chi connectivity index (χ2n) is 0.495. The van der Waals surface area contributed by atoms with Gasteiger partial charge in [-0.25, -0.2) is 0 Å². The zero-order valence-corrected chi connectivity index (χ0v) is 4.68. The summed E-state index contributed by atoms with van der Waals surface area (Å²) < 4.78 is 39.0. The van der Waals surface area contributed by atoms with Crippen LogP contribution in [0.4, 0.5) is 17.3 Å². The third kappa shape index (κ3) is 241. The van der Waals surface area contributed by atoms with E-state index in [0.29, 0.717) is 0 Å². The van der Waals surface area contributed by atoms with Crippen LogP contribution in [-0.4, -0.2) is 7.25 Å². The summed E-state index contributed by atoms with van der Waals surface area (Å²) in [6.07, 6.45) is 0. The van der Waals surface area contributed by atoms with Gasteiger partial charge in [0, 0.05) is 21.1 Å². The molecule has 0 aromatic carbocycles. The molecule has 0 aliphatic carbocycles. The Morgan fingerprint density at radius 2 is 0.833 bits per heavy atom. The fourth-order valence-electron chi connectivity index (χ4n) is 0. The van der Waals surface area contributed by atoms with E-state index >= 15 is 0 Å². The molecular formula is BF4Pt-. The van der Waals surface area contributed by atoms with Gasteiger partial charge < -0.3 is 17.3 Å². The van der Waals surface area contributed by atoms with Crippen LogP contribution in [0.3, 0.4) is 0 Å². The van der Waals surface area contributed by atoms with Crippen LogP contribution in [0.5, 0.6) is 0 Å². The van der Waals surface area contributed by atoms with E-state index in [4.69, 9.17) is 0 Å². The SMILES string of the molecule is F[B-](F)(F)F.[Pt]. The van der Waals surface area contributed by atoms with E-state index in [-0.39, 0.29) is 21.1 Å². The first-order chi connectivity index (χ1) is 2.00. The van der Waals surface area contributed by atoms with E-state index < -0.39 is 7.25 Å². The van der Waals surface area contributed by atoms with Crippen LogP contribution >= 0.6 is 0 Å². The molecule has 0 rings (SSSR count). The van der Waals surface area contributed by atoms with Gasteiger partial charge >= 0.3 is 7.25 Å². The minimum atomic E-state index is -6.00. The third-order valence-corrected chi connectivity index (χ3v) is 0. The molecule has 0 saturated heterocycles. The van der Waals surface area contributed by atoms with E-state index in [1.165, 1.54) is 0 Å². The van der Waals surface area contributed by atoms with Crippen molar-refractivity contribution in [2.75, 3.05) is 0 Å². The molecule has 0 amide bonds. The molecule has 0 heterocycles. The summed E-state index contributed by atoms with van der Waals surface area (Å²) in [5.41, 5.74) is 0. The van der Waals surface area contributed by atoms with Gasteiger partial charge in [0.05, 0.1) is 0 Å². The first-order valence-corrected chi connectivity index (χ1v) is 0.873. The molecule has 0 nitrogen and oxygen atoms in total. The molecule has 0 spiro atoms. The molecule has 0 fully saturated rings. The Hall–Kier alpha value is 0.473. The van der Waals surface area contributed by atoms with Gasteiger partial charge in [-0.1, -0.05) is 0 Å². The van der Waals surface area contributed by atoms with Crippen LogP contribution in [0.15, 0.2) is 0 Å². The van der Waals surface area contributed by atoms with Gasteiger partial charge in [-0.05, 0) is 0 Å². The molecule has 0 atom stereocenters. The molecule has 0 N–H and O–H groups in total. The zero-order chi connectivity index (χ0) is 4.50. The zero-order valence-electron chi connectivity index (χ0n) is 2.41. The second kappa shape index (κ2) is 2.61. The predicted octanol–water partition coefficient (Wildman–Crippen LogP) is 1.30. The normalized spacial score (nSPS) is 10.0. The summed E-state index contributed by atoms with van der Waals surface area (Å²) in [7, 11) is -6.00. The van der Waals surface area contributed by atoms with Crippen LogP contribution in [0, 0.1) is 0 Å². The van der Waals surface area contributed by atoms with Crippen LogP contribution < -0.4 is 0 Å². The van der Waals surface area contributed by atoms with Crippen LogP contribution in [0.1, 0.15) is 0 Å². The maximum atomic E-state index is 9.75. The molecule has 0 aliphatic heterocycles. The maximum absolute atomic E-state index is 9.75. The van der Waals surface area contributed by atoms with Crippen molar-refractivity contribution in [2.24, 2.45) is 0 Å². The van der Waals surface area contributed by atoms with Gasteiger partial charge in [-0.2, -0.15) is 0 Å². The van der Waals surface area contributed by atoms with Crippen molar-refractivity contribution >= 4 is 7.25 Å². The van der Waals surface area contributed by atoms with Crippen LogP contribution in [0.25, 0.3) is 0 Å². The van der Waals surface area contributed by atoms with E-state index in [2.05, 4.69) is 0 Å². The number of hydrogen-bond acceptors (Lipinski definition) is 0. The molecule has 0 unspecified atom stereocenters. The largest absolute Gasteiger partial charge is 0.673 e. The van der Waals surface area contributed by atoms with E-state index in [0.717, 1.165) is 0 Å². The van der Waals surface area contributed by atoms with E-state index in [1.54, 1.807) is 0 Å². The monoisotopic (exact) mass is 282 g/mol. The summed E-state index contributed by atoms with van der Waals surface area (Å²) in [4.78, 5) is 0. The van der Waals surface area contributed by atoms with Crippen molar-refractivity contribution in [1.82, 2.24) is 0 Å². The minimum Gasteiger partial charge on any atom is -0.418 e. The number of hydrogen-bond donors (Lipinski definition) is 0. The van der Waals surface area contributed by atoms with Crippen molar-refractivity contribution in [3.05, 3.63) is 0 Å². The first-order valence-electron chi connectivity index (χ1n) is 0.873. The van der Waals surface area contributed by atoms with Crippen molar-refractivity contribution in [3.63, 3.8) is 0 Å². The summed E-state index contributed by atoms with van der Waals surface area (Å²) in [5.74, 6) is 0. The average Bonchev–Trinajstić information content (AvgIpc) is 0.722. The second-order valence-corrected chi connectivity index (χ2v) is 0.495. The smallest absolute Gasteiger partial charge is 0.418 e. The standard InChI is InChI=1S/BF4.Pt/c2-1(3,4)5;/q-1;. The van der Waals surface area contributed by atoms with Crippen LogP contribution in [0.2, 0.25) is 0 Å². The topological polar surface area (TPSA) is 0 Å². The average molecular weight is 282 g/mol. The number of halogens is 4. The first kappa shape index (κ1) is 9.69. The van der Waals surface area contributed by atoms with E-state index in [1.807, 2.05) is 0 Å². The Morgan fingerprint density at radius 3 is 0.833 bits per heavy atom. The summed E-state index contributed by atoms with van der Waals surface area (Å²) in [6.45, 7) is 0. The number of rotatable bonds is 0. The molecule has 0 bridgehead atoms. The Morgan fingerprint density at radius 1 is 0.833 bits per heavy atom. The predicted molar refractivity (Wildman–Crippen MR) is 10.2 cm³/mol. The summed E-state index contributed by atoms with van der Waals surface area (Å²) >= 11 is 0. The molecule has 6 heavy (non-hydrogen) atoms.